The zero-order chi connectivity index (χ0) is 19.3. The summed E-state index contributed by atoms with van der Waals surface area (Å²) < 4.78 is 0. The van der Waals surface area contributed by atoms with Gasteiger partial charge < -0.3 is 15.2 Å². The lowest BCUT2D eigenvalue weighted by Gasteiger charge is -2.22. The molecular weight excluding hydrogens is 350 g/mol. The molecule has 28 heavy (non-hydrogen) atoms. The van der Waals surface area contributed by atoms with Crippen molar-refractivity contribution < 1.29 is 4.79 Å². The molecule has 2 heterocycles. The molecule has 2 N–H and O–H groups in total. The second kappa shape index (κ2) is 8.44. The number of anilines is 1. The summed E-state index contributed by atoms with van der Waals surface area (Å²) in [6.45, 7) is 6.60. The Morgan fingerprint density at radius 1 is 1.07 bits per heavy atom. The molecule has 0 spiro atoms. The van der Waals surface area contributed by atoms with Crippen LogP contribution >= 0.6 is 0 Å². The average molecular weight is 377 g/mol. The van der Waals surface area contributed by atoms with Crippen molar-refractivity contribution in [2.75, 3.05) is 38.0 Å². The predicted octanol–water partition coefficient (Wildman–Crippen LogP) is 3.02. The van der Waals surface area contributed by atoms with E-state index < -0.39 is 0 Å². The van der Waals surface area contributed by atoms with Gasteiger partial charge in [-0.3, -0.25) is 9.69 Å². The zero-order valence-electron chi connectivity index (χ0n) is 16.3. The van der Waals surface area contributed by atoms with Crippen LogP contribution in [0.15, 0.2) is 48.5 Å². The van der Waals surface area contributed by atoms with E-state index in [9.17, 15) is 4.79 Å². The lowest BCUT2D eigenvalue weighted by atomic mass is 10.2. The fraction of sp³-hybridized carbons (Fsp3) is 0.364. The summed E-state index contributed by atoms with van der Waals surface area (Å²) in [7, 11) is 0. The summed E-state index contributed by atoms with van der Waals surface area (Å²) in [6, 6.07) is 16.2. The number of fused-ring (bicyclic) bond motifs is 1. The van der Waals surface area contributed by atoms with E-state index in [1.807, 2.05) is 35.2 Å². The van der Waals surface area contributed by atoms with Crippen molar-refractivity contribution in [1.82, 2.24) is 19.8 Å². The second-order valence-corrected chi connectivity index (χ2v) is 7.43. The van der Waals surface area contributed by atoms with Crippen molar-refractivity contribution in [3.63, 3.8) is 0 Å². The number of imidazole rings is 1. The Labute approximate surface area is 165 Å². The number of nitrogens with one attached hydrogen (secondary N) is 2. The predicted molar refractivity (Wildman–Crippen MR) is 112 cm³/mol. The normalized spacial score (nSPS) is 15.5. The highest BCUT2D eigenvalue weighted by atomic mass is 16.2. The van der Waals surface area contributed by atoms with E-state index in [0.717, 1.165) is 61.7 Å². The lowest BCUT2D eigenvalue weighted by molar-refractivity contribution is -0.129. The molecule has 0 saturated carbocycles. The maximum atomic E-state index is 12.6. The number of aromatic amines is 1. The van der Waals surface area contributed by atoms with Gasteiger partial charge in [-0.05, 0) is 37.6 Å². The summed E-state index contributed by atoms with van der Waals surface area (Å²) in [4.78, 5) is 25.0. The first-order chi connectivity index (χ1) is 13.7. The molecule has 1 saturated heterocycles. The van der Waals surface area contributed by atoms with Crippen LogP contribution in [0.1, 0.15) is 17.8 Å². The number of aromatic nitrogens is 2. The molecule has 0 bridgehead atoms. The molecule has 1 aliphatic heterocycles. The van der Waals surface area contributed by atoms with E-state index in [2.05, 4.69) is 45.3 Å². The van der Waals surface area contributed by atoms with Crippen LogP contribution in [0.2, 0.25) is 0 Å². The van der Waals surface area contributed by atoms with E-state index in [1.54, 1.807) is 0 Å². The van der Waals surface area contributed by atoms with E-state index in [0.29, 0.717) is 6.54 Å². The molecular formula is C22H27N5O. The Morgan fingerprint density at radius 3 is 2.71 bits per heavy atom. The van der Waals surface area contributed by atoms with E-state index >= 15 is 0 Å². The first-order valence-electron chi connectivity index (χ1n) is 9.92. The summed E-state index contributed by atoms with van der Waals surface area (Å²) >= 11 is 0. The lowest BCUT2D eigenvalue weighted by Crippen LogP contribution is -2.38. The highest BCUT2D eigenvalue weighted by Gasteiger charge is 2.19. The van der Waals surface area contributed by atoms with E-state index in [4.69, 9.17) is 0 Å². The number of amides is 1. The fourth-order valence-corrected chi connectivity index (χ4v) is 3.63. The van der Waals surface area contributed by atoms with E-state index in [-0.39, 0.29) is 5.91 Å². The number of H-pyrrole nitrogens is 1. The van der Waals surface area contributed by atoms with Crippen molar-refractivity contribution in [3.8, 4) is 0 Å². The molecule has 1 fully saturated rings. The molecule has 6 heteroatoms. The van der Waals surface area contributed by atoms with Gasteiger partial charge in [0.25, 0.3) is 0 Å². The van der Waals surface area contributed by atoms with Gasteiger partial charge in [0.15, 0.2) is 0 Å². The summed E-state index contributed by atoms with van der Waals surface area (Å²) in [5, 5.41) is 3.24. The number of carbonyl (C=O) groups excluding carboxylic acids is 1. The quantitative estimate of drug-likeness (QED) is 0.717. The topological polar surface area (TPSA) is 64.3 Å². The number of hydrogen-bond acceptors (Lipinski definition) is 4. The first kappa shape index (κ1) is 18.5. The Hall–Kier alpha value is -2.86. The van der Waals surface area contributed by atoms with Crippen molar-refractivity contribution in [3.05, 3.63) is 59.9 Å². The molecule has 1 aliphatic rings. The Kier molecular flexibility index (Phi) is 5.58. The van der Waals surface area contributed by atoms with Gasteiger partial charge in [0, 0.05) is 31.9 Å². The summed E-state index contributed by atoms with van der Waals surface area (Å²) in [5.74, 6) is 1.15. The molecule has 6 nitrogen and oxygen atoms in total. The summed E-state index contributed by atoms with van der Waals surface area (Å²) in [5.41, 5.74) is 4.28. The highest BCUT2D eigenvalue weighted by molar-refractivity contribution is 5.81. The molecule has 146 valence electrons. The van der Waals surface area contributed by atoms with Crippen molar-refractivity contribution >= 4 is 22.6 Å². The maximum Gasteiger partial charge on any atom is 0.241 e. The highest BCUT2D eigenvalue weighted by Crippen LogP contribution is 2.13. The molecule has 3 aromatic rings. The Bertz CT molecular complexity index is 901. The zero-order valence-corrected chi connectivity index (χ0v) is 16.3. The van der Waals surface area contributed by atoms with Gasteiger partial charge in [0.2, 0.25) is 5.91 Å². The minimum absolute atomic E-state index is 0.158. The van der Waals surface area contributed by atoms with Crippen molar-refractivity contribution in [2.45, 2.75) is 19.9 Å². The van der Waals surface area contributed by atoms with Gasteiger partial charge >= 0.3 is 0 Å². The van der Waals surface area contributed by atoms with Crippen LogP contribution in [-0.2, 0) is 11.3 Å². The number of nitrogens with zero attached hydrogens (tertiary/aromatic N) is 3. The van der Waals surface area contributed by atoms with Crippen LogP contribution in [-0.4, -0.2) is 58.4 Å². The minimum Gasteiger partial charge on any atom is -0.376 e. The molecule has 2 aromatic carbocycles. The summed E-state index contributed by atoms with van der Waals surface area (Å²) in [6.07, 6.45) is 0.983. The van der Waals surface area contributed by atoms with Crippen LogP contribution in [0.4, 0.5) is 5.69 Å². The number of hydrogen-bond donors (Lipinski definition) is 2. The molecule has 0 atom stereocenters. The number of para-hydroxylation sites is 2. The molecule has 0 aliphatic carbocycles. The standard InChI is InChI=1S/C22H27N5O/c1-17-7-9-18(10-8-17)23-15-22(28)27-12-4-11-26(13-14-27)16-21-24-19-5-2-3-6-20(19)25-21/h2-3,5-10,23H,4,11-16H2,1H3,(H,24,25). The van der Waals surface area contributed by atoms with Crippen molar-refractivity contribution in [1.29, 1.82) is 0 Å². The van der Waals surface area contributed by atoms with Gasteiger partial charge in [0.05, 0.1) is 24.1 Å². The molecule has 4 rings (SSSR count). The maximum absolute atomic E-state index is 12.6. The van der Waals surface area contributed by atoms with Gasteiger partial charge in [-0.2, -0.15) is 0 Å². The Balaban J connectivity index is 1.29. The minimum atomic E-state index is 0.158. The molecule has 1 aromatic heterocycles. The SMILES string of the molecule is Cc1ccc(NCC(=O)N2CCCN(Cc3nc4ccccc4[nH]3)CC2)cc1. The molecule has 0 radical (unpaired) electrons. The van der Waals surface area contributed by atoms with Gasteiger partial charge in [0.1, 0.15) is 5.82 Å². The van der Waals surface area contributed by atoms with Gasteiger partial charge in [-0.25, -0.2) is 4.98 Å². The average Bonchev–Trinajstić information content (AvgIpc) is 2.97. The van der Waals surface area contributed by atoms with E-state index in [1.165, 1.54) is 5.56 Å². The van der Waals surface area contributed by atoms with Gasteiger partial charge in [-0.15, -0.1) is 0 Å². The molecule has 0 unspecified atom stereocenters. The number of aryl methyl sites for hydroxylation is 1. The Morgan fingerprint density at radius 2 is 1.89 bits per heavy atom. The third kappa shape index (κ3) is 4.51. The molecule has 1 amide bonds. The third-order valence-corrected chi connectivity index (χ3v) is 5.25. The number of rotatable bonds is 5. The monoisotopic (exact) mass is 377 g/mol. The van der Waals surface area contributed by atoms with Crippen LogP contribution in [0, 0.1) is 6.92 Å². The van der Waals surface area contributed by atoms with Gasteiger partial charge in [-0.1, -0.05) is 29.8 Å². The third-order valence-electron chi connectivity index (χ3n) is 5.25. The number of carbonyl (C=O) groups is 1. The largest absolute Gasteiger partial charge is 0.376 e. The van der Waals surface area contributed by atoms with Crippen LogP contribution in [0.25, 0.3) is 11.0 Å². The van der Waals surface area contributed by atoms with Crippen LogP contribution in [0.5, 0.6) is 0 Å². The van der Waals surface area contributed by atoms with Crippen molar-refractivity contribution in [2.24, 2.45) is 0 Å². The second-order valence-electron chi connectivity index (χ2n) is 7.43. The fourth-order valence-electron chi connectivity index (χ4n) is 3.63. The van der Waals surface area contributed by atoms with Crippen LogP contribution in [0.3, 0.4) is 0 Å². The smallest absolute Gasteiger partial charge is 0.241 e. The number of benzene rings is 2. The van der Waals surface area contributed by atoms with Crippen LogP contribution < -0.4 is 5.32 Å². The first-order valence-corrected chi connectivity index (χ1v) is 9.92.